The second kappa shape index (κ2) is 7.95. The molecule has 0 spiro atoms. The highest BCUT2D eigenvalue weighted by atomic mass is 35.5. The summed E-state index contributed by atoms with van der Waals surface area (Å²) in [6, 6.07) is 7.92. The first-order valence-electron chi connectivity index (χ1n) is 8.35. The Hall–Kier alpha value is -2.73. The van der Waals surface area contributed by atoms with Crippen molar-refractivity contribution in [2.45, 2.75) is 6.54 Å². The van der Waals surface area contributed by atoms with E-state index >= 15 is 0 Å². The molecule has 4 rings (SSSR count). The number of aromatic nitrogens is 3. The highest BCUT2D eigenvalue weighted by Gasteiger charge is 2.18. The molecule has 0 aliphatic carbocycles. The van der Waals surface area contributed by atoms with Crippen LogP contribution in [0.4, 0.5) is 14.6 Å². The normalized spacial score (nSPS) is 11.0. The SMILES string of the molecule is N#Cc1cc2c(Cl)cc(F)c(F)c2n1CCNc1cc(-c2cc(Cl)cs2)ncn1. The van der Waals surface area contributed by atoms with Crippen molar-refractivity contribution >= 4 is 51.3 Å². The minimum atomic E-state index is -1.06. The third-order valence-electron chi connectivity index (χ3n) is 4.27. The van der Waals surface area contributed by atoms with Crippen molar-refractivity contribution in [2.75, 3.05) is 11.9 Å². The first kappa shape index (κ1) is 19.6. The van der Waals surface area contributed by atoms with Crippen molar-refractivity contribution in [1.82, 2.24) is 14.5 Å². The lowest BCUT2D eigenvalue weighted by atomic mass is 10.2. The van der Waals surface area contributed by atoms with Crippen LogP contribution in [0, 0.1) is 23.0 Å². The first-order chi connectivity index (χ1) is 14.0. The summed E-state index contributed by atoms with van der Waals surface area (Å²) in [6.07, 6.45) is 1.42. The Bertz CT molecular complexity index is 1260. The van der Waals surface area contributed by atoms with Gasteiger partial charge in [-0.15, -0.1) is 11.3 Å². The number of hydrogen-bond acceptors (Lipinski definition) is 5. The molecule has 0 bridgehead atoms. The van der Waals surface area contributed by atoms with Crippen LogP contribution in [0.15, 0.2) is 36.0 Å². The van der Waals surface area contributed by atoms with Gasteiger partial charge in [0, 0.05) is 29.9 Å². The second-order valence-electron chi connectivity index (χ2n) is 6.05. The molecule has 0 aliphatic rings. The van der Waals surface area contributed by atoms with Crippen LogP contribution >= 0.6 is 34.5 Å². The van der Waals surface area contributed by atoms with E-state index in [2.05, 4.69) is 15.3 Å². The van der Waals surface area contributed by atoms with Gasteiger partial charge in [-0.05, 0) is 18.2 Å². The molecule has 5 nitrogen and oxygen atoms in total. The molecule has 10 heteroatoms. The maximum Gasteiger partial charge on any atom is 0.183 e. The number of benzene rings is 1. The van der Waals surface area contributed by atoms with Crippen LogP contribution in [0.5, 0.6) is 0 Å². The van der Waals surface area contributed by atoms with Crippen LogP contribution in [0.3, 0.4) is 0 Å². The minimum absolute atomic E-state index is 0.0371. The van der Waals surface area contributed by atoms with Crippen LogP contribution in [0.25, 0.3) is 21.5 Å². The van der Waals surface area contributed by atoms with Gasteiger partial charge >= 0.3 is 0 Å². The Morgan fingerprint density at radius 2 is 2.00 bits per heavy atom. The molecule has 0 saturated carbocycles. The molecule has 0 saturated heterocycles. The lowest BCUT2D eigenvalue weighted by molar-refractivity contribution is 0.511. The first-order valence-corrected chi connectivity index (χ1v) is 9.98. The standard InChI is InChI=1S/C19H11Cl2F2N5S/c20-10-3-16(29-8-10)15-6-17(27-9-26-15)25-1-2-28-11(7-24)4-12-13(21)5-14(22)18(23)19(12)28/h3-6,8-9H,1-2H2,(H,25,26,27). The van der Waals surface area contributed by atoms with Crippen molar-refractivity contribution in [3.8, 4) is 16.6 Å². The fraction of sp³-hybridized carbons (Fsp3) is 0.105. The summed E-state index contributed by atoms with van der Waals surface area (Å²) in [5.41, 5.74) is 0.859. The molecular formula is C19H11Cl2F2N5S. The summed E-state index contributed by atoms with van der Waals surface area (Å²) in [4.78, 5) is 9.29. The zero-order valence-electron chi connectivity index (χ0n) is 14.6. The zero-order chi connectivity index (χ0) is 20.5. The van der Waals surface area contributed by atoms with Gasteiger partial charge in [0.1, 0.15) is 23.9 Å². The van der Waals surface area contributed by atoms with E-state index in [4.69, 9.17) is 23.2 Å². The molecule has 4 aromatic rings. The molecular weight excluding hydrogens is 439 g/mol. The van der Waals surface area contributed by atoms with E-state index in [-0.39, 0.29) is 22.8 Å². The zero-order valence-corrected chi connectivity index (χ0v) is 16.9. The molecule has 0 atom stereocenters. The highest BCUT2D eigenvalue weighted by molar-refractivity contribution is 7.14. The van der Waals surface area contributed by atoms with Gasteiger partial charge in [-0.2, -0.15) is 5.26 Å². The third kappa shape index (κ3) is 3.77. The molecule has 0 fully saturated rings. The average molecular weight is 450 g/mol. The molecule has 0 aliphatic heterocycles. The number of nitrogens with one attached hydrogen (secondary N) is 1. The van der Waals surface area contributed by atoms with Gasteiger partial charge in [0.25, 0.3) is 0 Å². The molecule has 29 heavy (non-hydrogen) atoms. The lowest BCUT2D eigenvalue weighted by Crippen LogP contribution is -2.13. The molecule has 0 radical (unpaired) electrons. The van der Waals surface area contributed by atoms with E-state index in [0.717, 1.165) is 10.9 Å². The van der Waals surface area contributed by atoms with Crippen molar-refractivity contribution in [3.63, 3.8) is 0 Å². The molecule has 1 aromatic carbocycles. The van der Waals surface area contributed by atoms with E-state index in [1.54, 1.807) is 6.07 Å². The average Bonchev–Trinajstić information content (AvgIpc) is 3.31. The Morgan fingerprint density at radius 1 is 1.17 bits per heavy atom. The van der Waals surface area contributed by atoms with Crippen molar-refractivity contribution in [2.24, 2.45) is 0 Å². The van der Waals surface area contributed by atoms with Gasteiger partial charge in [-0.25, -0.2) is 18.7 Å². The van der Waals surface area contributed by atoms with Crippen LogP contribution in [0.2, 0.25) is 10.0 Å². The van der Waals surface area contributed by atoms with E-state index < -0.39 is 11.6 Å². The fourth-order valence-electron chi connectivity index (χ4n) is 2.99. The van der Waals surface area contributed by atoms with E-state index in [9.17, 15) is 14.0 Å². The third-order valence-corrected chi connectivity index (χ3v) is 5.88. The molecule has 3 heterocycles. The number of rotatable bonds is 5. The van der Waals surface area contributed by atoms with Crippen LogP contribution < -0.4 is 5.32 Å². The summed E-state index contributed by atoms with van der Waals surface area (Å²) in [5.74, 6) is -1.54. The summed E-state index contributed by atoms with van der Waals surface area (Å²) >= 11 is 13.4. The topological polar surface area (TPSA) is 66.5 Å². The smallest absolute Gasteiger partial charge is 0.183 e. The number of thiophene rings is 1. The minimum Gasteiger partial charge on any atom is -0.368 e. The fourth-order valence-corrected chi connectivity index (χ4v) is 4.27. The molecule has 146 valence electrons. The van der Waals surface area contributed by atoms with E-state index in [1.807, 2.05) is 17.5 Å². The van der Waals surface area contributed by atoms with Gasteiger partial charge in [0.2, 0.25) is 0 Å². The number of hydrogen-bond donors (Lipinski definition) is 1. The van der Waals surface area contributed by atoms with Gasteiger partial charge in [-0.3, -0.25) is 0 Å². The van der Waals surface area contributed by atoms with Crippen LogP contribution in [-0.2, 0) is 6.54 Å². The number of nitriles is 1. The summed E-state index contributed by atoms with van der Waals surface area (Å²) in [6.45, 7) is 0.515. The predicted molar refractivity (Wildman–Crippen MR) is 110 cm³/mol. The van der Waals surface area contributed by atoms with Gasteiger partial charge in [0.05, 0.1) is 26.1 Å². The van der Waals surface area contributed by atoms with Crippen molar-refractivity contribution < 1.29 is 8.78 Å². The molecule has 0 amide bonds. The van der Waals surface area contributed by atoms with Gasteiger partial charge in [-0.1, -0.05) is 23.2 Å². The number of nitrogens with zero attached hydrogens (tertiary/aromatic N) is 4. The maximum atomic E-state index is 14.4. The molecule has 3 aromatic heterocycles. The highest BCUT2D eigenvalue weighted by Crippen LogP contribution is 2.31. The summed E-state index contributed by atoms with van der Waals surface area (Å²) < 4.78 is 29.6. The lowest BCUT2D eigenvalue weighted by Gasteiger charge is -2.10. The van der Waals surface area contributed by atoms with Crippen molar-refractivity contribution in [1.29, 1.82) is 5.26 Å². The Balaban J connectivity index is 1.58. The predicted octanol–water partition coefficient (Wildman–Crippen LogP) is 5.73. The van der Waals surface area contributed by atoms with Crippen molar-refractivity contribution in [3.05, 3.63) is 63.3 Å². The molecule has 1 N–H and O–H groups in total. The maximum absolute atomic E-state index is 14.4. The number of halogens is 4. The quantitative estimate of drug-likeness (QED) is 0.395. The number of fused-ring (bicyclic) bond motifs is 1. The monoisotopic (exact) mass is 449 g/mol. The largest absolute Gasteiger partial charge is 0.368 e. The Labute approximate surface area is 178 Å². The summed E-state index contributed by atoms with van der Waals surface area (Å²) in [7, 11) is 0. The Kier molecular flexibility index (Phi) is 5.37. The van der Waals surface area contributed by atoms with E-state index in [1.165, 1.54) is 28.3 Å². The number of anilines is 1. The van der Waals surface area contributed by atoms with Crippen LogP contribution in [-0.4, -0.2) is 21.1 Å². The summed E-state index contributed by atoms with van der Waals surface area (Å²) in [5, 5.41) is 15.3. The molecule has 0 unspecified atom stereocenters. The van der Waals surface area contributed by atoms with Gasteiger partial charge in [0.15, 0.2) is 11.6 Å². The van der Waals surface area contributed by atoms with Gasteiger partial charge < -0.3 is 9.88 Å². The second-order valence-corrected chi connectivity index (χ2v) is 7.81. The Morgan fingerprint density at radius 3 is 2.72 bits per heavy atom. The van der Waals surface area contributed by atoms with Crippen LogP contribution in [0.1, 0.15) is 5.69 Å². The van der Waals surface area contributed by atoms with E-state index in [0.29, 0.717) is 28.5 Å².